The monoisotopic (exact) mass is 457 g/mol. The maximum absolute atomic E-state index is 13.3. The Bertz CT molecular complexity index is 1490. The summed E-state index contributed by atoms with van der Waals surface area (Å²) >= 11 is 0. The highest BCUT2D eigenvalue weighted by molar-refractivity contribution is 6.07. The predicted molar refractivity (Wildman–Crippen MR) is 128 cm³/mol. The van der Waals surface area contributed by atoms with Gasteiger partial charge in [0.2, 0.25) is 0 Å². The Hall–Kier alpha value is -4.00. The molecule has 4 aromatic rings. The maximum atomic E-state index is 13.3. The van der Waals surface area contributed by atoms with Crippen LogP contribution >= 0.6 is 0 Å². The van der Waals surface area contributed by atoms with Crippen molar-refractivity contribution >= 4 is 27.6 Å². The number of fused-ring (bicyclic) bond motifs is 3. The van der Waals surface area contributed by atoms with E-state index in [4.69, 9.17) is 0 Å². The molecule has 1 aliphatic rings. The van der Waals surface area contributed by atoms with E-state index in [0.29, 0.717) is 29.8 Å². The fourth-order valence-corrected chi connectivity index (χ4v) is 4.88. The number of hydrogen-bond donors (Lipinski definition) is 1. The molecule has 1 aliphatic heterocycles. The van der Waals surface area contributed by atoms with Gasteiger partial charge in [0.05, 0.1) is 34.1 Å². The number of likely N-dealkylation sites (tertiary alicyclic amines) is 1. The first-order valence-corrected chi connectivity index (χ1v) is 11.2. The van der Waals surface area contributed by atoms with E-state index in [2.05, 4.69) is 4.90 Å². The Morgan fingerprint density at radius 2 is 1.76 bits per heavy atom. The molecule has 0 spiro atoms. The number of nitro benzene ring substituents is 1. The molecule has 1 unspecified atom stereocenters. The van der Waals surface area contributed by atoms with E-state index >= 15 is 0 Å². The van der Waals surface area contributed by atoms with Gasteiger partial charge < -0.3 is 14.6 Å². The van der Waals surface area contributed by atoms with Crippen molar-refractivity contribution in [1.82, 2.24) is 14.0 Å². The molecule has 9 heteroatoms. The van der Waals surface area contributed by atoms with E-state index < -0.39 is 16.6 Å². The van der Waals surface area contributed by atoms with Crippen LogP contribution in [0.4, 0.5) is 5.69 Å². The number of benzene rings is 2. The SMILES string of the molecule is N#Cc1cc2c(c3ccccc3n2CC(O)CN2CCCC2)n(-c2ccc([N+](=O)[O-])cc2)c1=O. The first kappa shape index (κ1) is 21.8. The molecular formula is C25H23N5O4. The van der Waals surface area contributed by atoms with Gasteiger partial charge in [0.15, 0.2) is 0 Å². The lowest BCUT2D eigenvalue weighted by molar-refractivity contribution is -0.384. The van der Waals surface area contributed by atoms with Crippen molar-refractivity contribution in [3.05, 3.63) is 80.6 Å². The average molecular weight is 457 g/mol. The minimum absolute atomic E-state index is 0.0380. The Labute approximate surface area is 194 Å². The van der Waals surface area contributed by atoms with Crippen LogP contribution in [0.1, 0.15) is 18.4 Å². The van der Waals surface area contributed by atoms with Crippen molar-refractivity contribution in [3.8, 4) is 11.8 Å². The molecule has 1 atom stereocenters. The van der Waals surface area contributed by atoms with Gasteiger partial charge in [0.25, 0.3) is 11.2 Å². The third kappa shape index (κ3) is 3.73. The molecule has 0 radical (unpaired) electrons. The summed E-state index contributed by atoms with van der Waals surface area (Å²) in [7, 11) is 0. The Morgan fingerprint density at radius 3 is 2.44 bits per heavy atom. The smallest absolute Gasteiger partial charge is 0.273 e. The van der Waals surface area contributed by atoms with Crippen molar-refractivity contribution in [1.29, 1.82) is 5.26 Å². The van der Waals surface area contributed by atoms with Crippen LogP contribution in [-0.2, 0) is 6.54 Å². The zero-order chi connectivity index (χ0) is 23.8. The summed E-state index contributed by atoms with van der Waals surface area (Å²) in [5.41, 5.74) is 1.89. The minimum atomic E-state index is -0.623. The van der Waals surface area contributed by atoms with Crippen LogP contribution in [0.5, 0.6) is 0 Å². The van der Waals surface area contributed by atoms with Gasteiger partial charge in [-0.2, -0.15) is 5.26 Å². The molecule has 0 saturated carbocycles. The Kier molecular flexibility index (Phi) is 5.61. The molecule has 0 bridgehead atoms. The summed E-state index contributed by atoms with van der Waals surface area (Å²) in [6.07, 6.45) is 1.65. The molecule has 34 heavy (non-hydrogen) atoms. The Morgan fingerprint density at radius 1 is 1.06 bits per heavy atom. The number of nitro groups is 1. The molecule has 5 rings (SSSR count). The summed E-state index contributed by atoms with van der Waals surface area (Å²) in [5, 5.41) is 32.5. The number of nitriles is 1. The third-order valence-electron chi connectivity index (χ3n) is 6.42. The molecule has 1 N–H and O–H groups in total. The van der Waals surface area contributed by atoms with Crippen LogP contribution in [-0.4, -0.2) is 49.8 Å². The van der Waals surface area contributed by atoms with Crippen LogP contribution < -0.4 is 5.56 Å². The highest BCUT2D eigenvalue weighted by Crippen LogP contribution is 2.31. The van der Waals surface area contributed by atoms with Crippen molar-refractivity contribution in [2.75, 3.05) is 19.6 Å². The van der Waals surface area contributed by atoms with Crippen LogP contribution in [0, 0.1) is 21.4 Å². The molecule has 9 nitrogen and oxygen atoms in total. The number of nitrogens with zero attached hydrogens (tertiary/aromatic N) is 5. The first-order valence-electron chi connectivity index (χ1n) is 11.2. The van der Waals surface area contributed by atoms with Gasteiger partial charge in [-0.05, 0) is 50.2 Å². The van der Waals surface area contributed by atoms with Gasteiger partial charge in [0, 0.05) is 29.8 Å². The second kappa shape index (κ2) is 8.74. The number of rotatable bonds is 6. The normalized spacial score (nSPS) is 15.1. The third-order valence-corrected chi connectivity index (χ3v) is 6.42. The van der Waals surface area contributed by atoms with E-state index in [1.165, 1.54) is 28.8 Å². The molecule has 1 saturated heterocycles. The van der Waals surface area contributed by atoms with E-state index in [1.807, 2.05) is 34.9 Å². The molecule has 2 aromatic carbocycles. The standard InChI is InChI=1S/C25H23N5O4/c26-14-17-13-23-24(29(25(17)32)18-7-9-19(10-8-18)30(33)34)21-5-1-2-6-22(21)28(23)16-20(31)15-27-11-3-4-12-27/h1-2,5-10,13,20,31H,3-4,11-12,15-16H2. The number of β-amino-alcohol motifs (C(OH)–C–C–N with tert-alkyl or cyclic N) is 1. The molecule has 0 amide bonds. The zero-order valence-corrected chi connectivity index (χ0v) is 18.4. The van der Waals surface area contributed by atoms with Gasteiger partial charge in [-0.15, -0.1) is 0 Å². The number of aromatic nitrogens is 2. The van der Waals surface area contributed by atoms with Crippen LogP contribution in [0.25, 0.3) is 27.6 Å². The minimum Gasteiger partial charge on any atom is -0.390 e. The predicted octanol–water partition coefficient (Wildman–Crippen LogP) is 3.18. The molecule has 2 aromatic heterocycles. The lowest BCUT2D eigenvalue weighted by atomic mass is 10.2. The van der Waals surface area contributed by atoms with Gasteiger partial charge >= 0.3 is 0 Å². The fourth-order valence-electron chi connectivity index (χ4n) is 4.88. The second-order valence-electron chi connectivity index (χ2n) is 8.61. The summed E-state index contributed by atoms with van der Waals surface area (Å²) < 4.78 is 3.39. The Balaban J connectivity index is 1.72. The molecule has 172 valence electrons. The number of non-ortho nitro benzene ring substituents is 1. The molecular weight excluding hydrogens is 434 g/mol. The first-order chi connectivity index (χ1) is 16.5. The highest BCUT2D eigenvalue weighted by Gasteiger charge is 2.22. The second-order valence-corrected chi connectivity index (χ2v) is 8.61. The number of para-hydroxylation sites is 1. The highest BCUT2D eigenvalue weighted by atomic mass is 16.6. The van der Waals surface area contributed by atoms with Crippen molar-refractivity contribution in [3.63, 3.8) is 0 Å². The van der Waals surface area contributed by atoms with Crippen LogP contribution in [0.3, 0.4) is 0 Å². The van der Waals surface area contributed by atoms with Crippen molar-refractivity contribution in [2.24, 2.45) is 0 Å². The molecule has 0 aliphatic carbocycles. The van der Waals surface area contributed by atoms with Crippen LogP contribution in [0.2, 0.25) is 0 Å². The summed E-state index contributed by atoms with van der Waals surface area (Å²) in [6.45, 7) is 2.82. The van der Waals surface area contributed by atoms with E-state index in [9.17, 15) is 25.3 Å². The molecule has 3 heterocycles. The quantitative estimate of drug-likeness (QED) is 0.351. The van der Waals surface area contributed by atoms with Gasteiger partial charge in [-0.25, -0.2) is 0 Å². The maximum Gasteiger partial charge on any atom is 0.273 e. The largest absolute Gasteiger partial charge is 0.390 e. The van der Waals surface area contributed by atoms with Crippen molar-refractivity contribution < 1.29 is 10.0 Å². The summed E-state index contributed by atoms with van der Waals surface area (Å²) in [6, 6.07) is 16.8. The van der Waals surface area contributed by atoms with E-state index in [0.717, 1.165) is 36.8 Å². The number of aliphatic hydroxyl groups is 1. The summed E-state index contributed by atoms with van der Waals surface area (Å²) in [5.74, 6) is 0. The van der Waals surface area contributed by atoms with E-state index in [1.54, 1.807) is 6.07 Å². The van der Waals surface area contributed by atoms with Crippen molar-refractivity contribution in [2.45, 2.75) is 25.5 Å². The lowest BCUT2D eigenvalue weighted by Gasteiger charge is -2.20. The van der Waals surface area contributed by atoms with Gasteiger partial charge in [-0.1, -0.05) is 18.2 Å². The lowest BCUT2D eigenvalue weighted by Crippen LogP contribution is -2.32. The average Bonchev–Trinajstić information content (AvgIpc) is 3.45. The zero-order valence-electron chi connectivity index (χ0n) is 18.4. The van der Waals surface area contributed by atoms with Gasteiger partial charge in [-0.3, -0.25) is 19.5 Å². The van der Waals surface area contributed by atoms with Gasteiger partial charge in [0.1, 0.15) is 11.6 Å². The number of hydrogen-bond acceptors (Lipinski definition) is 6. The topological polar surface area (TPSA) is 117 Å². The summed E-state index contributed by atoms with van der Waals surface area (Å²) in [4.78, 5) is 26.1. The van der Waals surface area contributed by atoms with Crippen LogP contribution in [0.15, 0.2) is 59.4 Å². The number of aliphatic hydroxyl groups excluding tert-OH is 1. The van der Waals surface area contributed by atoms with E-state index in [-0.39, 0.29) is 11.3 Å². The number of pyridine rings is 1. The fraction of sp³-hybridized carbons (Fsp3) is 0.280. The molecule has 1 fully saturated rings.